The minimum Gasteiger partial charge on any atom is -0.320 e. The van der Waals surface area contributed by atoms with Gasteiger partial charge in [-0.25, -0.2) is 9.97 Å². The molecule has 0 bridgehead atoms. The van der Waals surface area contributed by atoms with Gasteiger partial charge in [-0.1, -0.05) is 35.7 Å². The monoisotopic (exact) mass is 297 g/mol. The Balaban J connectivity index is 2.03. The molecule has 21 heavy (non-hydrogen) atoms. The Kier molecular flexibility index (Phi) is 5.38. The molecule has 1 heterocycles. The van der Waals surface area contributed by atoms with Gasteiger partial charge in [-0.2, -0.15) is 0 Å². The molecule has 1 aromatic heterocycles. The Bertz CT molecular complexity index is 658. The lowest BCUT2D eigenvalue weighted by Crippen LogP contribution is -1.98. The van der Waals surface area contributed by atoms with Crippen LogP contribution in [-0.4, -0.2) is 16.5 Å². The Morgan fingerprint density at radius 1 is 1.05 bits per heavy atom. The molecule has 2 aromatic rings. The van der Waals surface area contributed by atoms with Crippen LogP contribution in [0, 0.1) is 32.6 Å². The van der Waals surface area contributed by atoms with Gasteiger partial charge in [-0.15, -0.1) is 0 Å². The average Bonchev–Trinajstić information content (AvgIpc) is 2.49. The summed E-state index contributed by atoms with van der Waals surface area (Å²) in [5.74, 6) is 6.73. The summed E-state index contributed by atoms with van der Waals surface area (Å²) in [6.45, 7) is 6.50. The molecule has 0 saturated carbocycles. The standard InChI is InChI=1S/C17H19N3S/c1-12-13(2)19-17(20-14(12)3)21-11-16-8-6-15(7-9-16)5-4-10-18/h6-9H,10-11,18H2,1-3H3. The Morgan fingerprint density at radius 2 is 1.67 bits per heavy atom. The van der Waals surface area contributed by atoms with Gasteiger partial charge in [-0.05, 0) is 44.0 Å². The van der Waals surface area contributed by atoms with Crippen molar-refractivity contribution in [3.8, 4) is 11.8 Å². The van der Waals surface area contributed by atoms with E-state index in [1.807, 2.05) is 26.0 Å². The first-order valence-corrected chi connectivity index (χ1v) is 7.81. The fraction of sp³-hybridized carbons (Fsp3) is 0.294. The van der Waals surface area contributed by atoms with E-state index in [-0.39, 0.29) is 0 Å². The van der Waals surface area contributed by atoms with Crippen LogP contribution < -0.4 is 5.73 Å². The van der Waals surface area contributed by atoms with Gasteiger partial charge in [0.2, 0.25) is 0 Å². The smallest absolute Gasteiger partial charge is 0.188 e. The molecule has 2 N–H and O–H groups in total. The highest BCUT2D eigenvalue weighted by molar-refractivity contribution is 7.98. The summed E-state index contributed by atoms with van der Waals surface area (Å²) < 4.78 is 0. The van der Waals surface area contributed by atoms with Gasteiger partial charge >= 0.3 is 0 Å². The van der Waals surface area contributed by atoms with Gasteiger partial charge in [0.25, 0.3) is 0 Å². The van der Waals surface area contributed by atoms with Crippen molar-refractivity contribution in [1.29, 1.82) is 0 Å². The van der Waals surface area contributed by atoms with Crippen LogP contribution in [0.2, 0.25) is 0 Å². The number of nitrogens with zero attached hydrogens (tertiary/aromatic N) is 2. The van der Waals surface area contributed by atoms with E-state index in [0.29, 0.717) is 6.54 Å². The van der Waals surface area contributed by atoms with Crippen LogP contribution in [0.15, 0.2) is 29.4 Å². The Hall–Kier alpha value is -1.83. The van der Waals surface area contributed by atoms with Crippen molar-refractivity contribution < 1.29 is 0 Å². The lowest BCUT2D eigenvalue weighted by atomic mass is 10.1. The third-order valence-electron chi connectivity index (χ3n) is 3.27. The van der Waals surface area contributed by atoms with E-state index in [0.717, 1.165) is 27.9 Å². The summed E-state index contributed by atoms with van der Waals surface area (Å²) in [7, 11) is 0. The molecular weight excluding hydrogens is 278 g/mol. The summed E-state index contributed by atoms with van der Waals surface area (Å²) in [6, 6.07) is 8.21. The number of hydrogen-bond donors (Lipinski definition) is 1. The molecule has 0 amide bonds. The minimum absolute atomic E-state index is 0.390. The molecule has 4 heteroatoms. The van der Waals surface area contributed by atoms with E-state index >= 15 is 0 Å². The van der Waals surface area contributed by atoms with Gasteiger partial charge in [0.05, 0.1) is 6.54 Å². The van der Waals surface area contributed by atoms with Crippen LogP contribution in [0.5, 0.6) is 0 Å². The normalized spacial score (nSPS) is 10.1. The molecule has 1 aromatic carbocycles. The van der Waals surface area contributed by atoms with Crippen molar-refractivity contribution in [2.75, 3.05) is 6.54 Å². The summed E-state index contributed by atoms with van der Waals surface area (Å²) in [5.41, 5.74) is 10.9. The molecule has 0 aliphatic carbocycles. The number of aryl methyl sites for hydroxylation is 2. The maximum Gasteiger partial charge on any atom is 0.188 e. The van der Waals surface area contributed by atoms with Crippen molar-refractivity contribution in [1.82, 2.24) is 9.97 Å². The summed E-state index contributed by atoms with van der Waals surface area (Å²) in [5, 5.41) is 0.836. The van der Waals surface area contributed by atoms with Crippen molar-refractivity contribution >= 4 is 11.8 Å². The van der Waals surface area contributed by atoms with Crippen LogP contribution in [0.25, 0.3) is 0 Å². The lowest BCUT2D eigenvalue weighted by molar-refractivity contribution is 0.880. The predicted octanol–water partition coefficient (Wildman–Crippen LogP) is 3.00. The number of hydrogen-bond acceptors (Lipinski definition) is 4. The van der Waals surface area contributed by atoms with E-state index in [2.05, 4.69) is 40.9 Å². The zero-order valence-corrected chi connectivity index (χ0v) is 13.4. The van der Waals surface area contributed by atoms with E-state index in [9.17, 15) is 0 Å². The van der Waals surface area contributed by atoms with E-state index in [4.69, 9.17) is 5.73 Å². The number of rotatable bonds is 3. The number of thioether (sulfide) groups is 1. The first-order valence-electron chi connectivity index (χ1n) is 6.82. The number of aromatic nitrogens is 2. The number of nitrogens with two attached hydrogens (primary N) is 1. The van der Waals surface area contributed by atoms with Gasteiger partial charge in [0.15, 0.2) is 5.16 Å². The molecule has 0 radical (unpaired) electrons. The molecule has 108 valence electrons. The molecule has 0 unspecified atom stereocenters. The van der Waals surface area contributed by atoms with Crippen LogP contribution in [0.4, 0.5) is 0 Å². The SMILES string of the molecule is Cc1nc(SCc2ccc(C#CCN)cc2)nc(C)c1C. The zero-order chi connectivity index (χ0) is 15.2. The largest absolute Gasteiger partial charge is 0.320 e. The predicted molar refractivity (Wildman–Crippen MR) is 88.2 cm³/mol. The van der Waals surface area contributed by atoms with Crippen LogP contribution in [0.1, 0.15) is 28.1 Å². The first kappa shape index (κ1) is 15.6. The van der Waals surface area contributed by atoms with E-state index in [1.165, 1.54) is 11.1 Å². The van der Waals surface area contributed by atoms with Crippen LogP contribution in [0.3, 0.4) is 0 Å². The number of benzene rings is 1. The Morgan fingerprint density at radius 3 is 2.24 bits per heavy atom. The summed E-state index contributed by atoms with van der Waals surface area (Å²) in [6.07, 6.45) is 0. The molecule has 0 fully saturated rings. The second-order valence-corrected chi connectivity index (χ2v) is 5.74. The molecule has 0 aliphatic heterocycles. The van der Waals surface area contributed by atoms with Gasteiger partial charge in [0.1, 0.15) is 0 Å². The first-order chi connectivity index (χ1) is 10.1. The van der Waals surface area contributed by atoms with E-state index in [1.54, 1.807) is 11.8 Å². The highest BCUT2D eigenvalue weighted by atomic mass is 32.2. The van der Waals surface area contributed by atoms with Crippen molar-refractivity contribution in [2.24, 2.45) is 5.73 Å². The van der Waals surface area contributed by atoms with Crippen LogP contribution >= 0.6 is 11.8 Å². The zero-order valence-electron chi connectivity index (χ0n) is 12.6. The molecule has 0 aliphatic rings. The third-order valence-corrected chi connectivity index (χ3v) is 4.19. The fourth-order valence-corrected chi connectivity index (χ4v) is 2.68. The van der Waals surface area contributed by atoms with Crippen molar-refractivity contribution in [3.63, 3.8) is 0 Å². The second-order valence-electron chi connectivity index (χ2n) is 4.79. The summed E-state index contributed by atoms with van der Waals surface area (Å²) >= 11 is 1.66. The molecule has 0 saturated heterocycles. The van der Waals surface area contributed by atoms with Crippen LogP contribution in [-0.2, 0) is 5.75 Å². The average molecular weight is 297 g/mol. The lowest BCUT2D eigenvalue weighted by Gasteiger charge is -2.06. The highest BCUT2D eigenvalue weighted by Gasteiger charge is 2.05. The van der Waals surface area contributed by atoms with Gasteiger partial charge in [-0.3, -0.25) is 0 Å². The molecule has 0 atom stereocenters. The Labute approximate surface area is 130 Å². The van der Waals surface area contributed by atoms with Gasteiger partial charge in [0, 0.05) is 22.7 Å². The fourth-order valence-electron chi connectivity index (χ4n) is 1.79. The highest BCUT2D eigenvalue weighted by Crippen LogP contribution is 2.21. The minimum atomic E-state index is 0.390. The maximum atomic E-state index is 5.36. The molecule has 3 nitrogen and oxygen atoms in total. The second kappa shape index (κ2) is 7.26. The topological polar surface area (TPSA) is 51.8 Å². The maximum absolute atomic E-state index is 5.36. The van der Waals surface area contributed by atoms with Crippen molar-refractivity contribution in [3.05, 3.63) is 52.3 Å². The molecular formula is C17H19N3S. The van der Waals surface area contributed by atoms with Gasteiger partial charge < -0.3 is 5.73 Å². The summed E-state index contributed by atoms with van der Waals surface area (Å²) in [4.78, 5) is 9.04. The van der Waals surface area contributed by atoms with Crippen molar-refractivity contribution in [2.45, 2.75) is 31.7 Å². The quantitative estimate of drug-likeness (QED) is 0.537. The third kappa shape index (κ3) is 4.32. The van der Waals surface area contributed by atoms with E-state index < -0.39 is 0 Å². The molecule has 2 rings (SSSR count). The molecule has 0 spiro atoms.